The number of fused-ring (bicyclic) bond motifs is 1. The number of carbonyl (C=O) groups excluding carboxylic acids is 1. The monoisotopic (exact) mass is 355 g/mol. The van der Waals surface area contributed by atoms with Gasteiger partial charge >= 0.3 is 6.18 Å². The predicted octanol–water partition coefficient (Wildman–Crippen LogP) is 3.14. The Hall–Kier alpha value is -1.63. The number of carbonyl (C=O) groups is 1. The summed E-state index contributed by atoms with van der Waals surface area (Å²) in [4.78, 5) is 18.5. The summed E-state index contributed by atoms with van der Waals surface area (Å²) in [5, 5.41) is 0. The van der Waals surface area contributed by atoms with Crippen LogP contribution in [0, 0.1) is 11.3 Å². The van der Waals surface area contributed by atoms with Crippen molar-refractivity contribution >= 4 is 5.91 Å². The molecule has 2 heterocycles. The lowest BCUT2D eigenvalue weighted by Gasteiger charge is -2.39. The number of pyridine rings is 1. The van der Waals surface area contributed by atoms with E-state index in [2.05, 4.69) is 4.98 Å². The van der Waals surface area contributed by atoms with Crippen molar-refractivity contribution in [1.82, 2.24) is 9.88 Å². The molecule has 0 spiro atoms. The van der Waals surface area contributed by atoms with E-state index in [0.29, 0.717) is 24.9 Å². The van der Waals surface area contributed by atoms with Gasteiger partial charge in [0.25, 0.3) is 0 Å². The number of nitrogens with zero attached hydrogens (tertiary/aromatic N) is 2. The van der Waals surface area contributed by atoms with Crippen LogP contribution in [0.5, 0.6) is 0 Å². The van der Waals surface area contributed by atoms with Gasteiger partial charge in [0.2, 0.25) is 5.91 Å². The first-order valence-electron chi connectivity index (χ1n) is 8.73. The summed E-state index contributed by atoms with van der Waals surface area (Å²) in [6.07, 6.45) is -0.430. The molecular formula is C18H24F3N3O. The highest BCUT2D eigenvalue weighted by Gasteiger charge is 2.48. The van der Waals surface area contributed by atoms with Gasteiger partial charge in [0.05, 0.1) is 5.41 Å². The summed E-state index contributed by atoms with van der Waals surface area (Å²) < 4.78 is 38.7. The second-order valence-corrected chi connectivity index (χ2v) is 7.63. The van der Waals surface area contributed by atoms with Crippen molar-refractivity contribution in [3.63, 3.8) is 0 Å². The highest BCUT2D eigenvalue weighted by atomic mass is 19.4. The molecule has 1 amide bonds. The van der Waals surface area contributed by atoms with E-state index in [4.69, 9.17) is 5.73 Å². The fourth-order valence-corrected chi connectivity index (χ4v) is 4.16. The molecule has 4 nitrogen and oxygen atoms in total. The van der Waals surface area contributed by atoms with Crippen LogP contribution in [0.25, 0.3) is 0 Å². The van der Waals surface area contributed by atoms with E-state index in [1.54, 1.807) is 4.90 Å². The minimum absolute atomic E-state index is 0.0180. The molecule has 0 saturated heterocycles. The van der Waals surface area contributed by atoms with Crippen LogP contribution < -0.4 is 5.73 Å². The maximum atomic E-state index is 13.2. The zero-order valence-electron chi connectivity index (χ0n) is 14.6. The van der Waals surface area contributed by atoms with Gasteiger partial charge in [0.1, 0.15) is 5.69 Å². The first-order valence-corrected chi connectivity index (χ1v) is 8.73. The third kappa shape index (κ3) is 3.26. The molecule has 138 valence electrons. The highest BCUT2D eigenvalue weighted by Crippen LogP contribution is 2.46. The lowest BCUT2D eigenvalue weighted by Crippen LogP contribution is -2.48. The fraction of sp³-hybridized carbons (Fsp3) is 0.667. The number of halogens is 3. The molecule has 2 N–H and O–H groups in total. The normalized spacial score (nSPS) is 26.8. The molecule has 1 fully saturated rings. The van der Waals surface area contributed by atoms with Crippen molar-refractivity contribution in [1.29, 1.82) is 0 Å². The Morgan fingerprint density at radius 2 is 2.12 bits per heavy atom. The van der Waals surface area contributed by atoms with E-state index in [-0.39, 0.29) is 24.4 Å². The van der Waals surface area contributed by atoms with Gasteiger partial charge in [0.15, 0.2) is 0 Å². The summed E-state index contributed by atoms with van der Waals surface area (Å²) in [6, 6.07) is 1.10. The largest absolute Gasteiger partial charge is 0.433 e. The van der Waals surface area contributed by atoms with E-state index in [9.17, 15) is 18.0 Å². The molecule has 3 rings (SSSR count). The lowest BCUT2D eigenvalue weighted by molar-refractivity contribution is -0.145. The average molecular weight is 355 g/mol. The number of nitrogens with two attached hydrogens (primary N) is 1. The van der Waals surface area contributed by atoms with Crippen LogP contribution in [0.15, 0.2) is 12.3 Å². The van der Waals surface area contributed by atoms with Crippen molar-refractivity contribution in [2.24, 2.45) is 17.1 Å². The van der Waals surface area contributed by atoms with E-state index in [1.165, 1.54) is 6.20 Å². The van der Waals surface area contributed by atoms with Gasteiger partial charge in [0, 0.05) is 25.3 Å². The summed E-state index contributed by atoms with van der Waals surface area (Å²) in [7, 11) is 0. The molecule has 25 heavy (non-hydrogen) atoms. The Morgan fingerprint density at radius 1 is 1.40 bits per heavy atom. The second kappa shape index (κ2) is 6.27. The zero-order chi connectivity index (χ0) is 18.4. The standard InChI is InChI=1S/C18H24F3N3O/c1-11(2)17(5-3-14(22)8-17)16(25)24-6-4-12-9-23-15(18(19,20)21)7-13(12)10-24/h7,9,11,14H,3-6,8,10,22H2,1-2H3/t14-,17+/m1/s1. The van der Waals surface area contributed by atoms with Crippen LogP contribution in [0.4, 0.5) is 13.2 Å². The van der Waals surface area contributed by atoms with Gasteiger partial charge in [-0.05, 0) is 48.8 Å². The van der Waals surface area contributed by atoms with Crippen molar-refractivity contribution in [2.75, 3.05) is 6.54 Å². The molecule has 0 bridgehead atoms. The van der Waals surface area contributed by atoms with Crippen LogP contribution in [0.3, 0.4) is 0 Å². The molecule has 7 heteroatoms. The molecule has 2 atom stereocenters. The minimum Gasteiger partial charge on any atom is -0.338 e. The Bertz CT molecular complexity index is 674. The quantitative estimate of drug-likeness (QED) is 0.887. The second-order valence-electron chi connectivity index (χ2n) is 7.63. The number of alkyl halides is 3. The number of amides is 1. The molecule has 0 unspecified atom stereocenters. The first-order chi connectivity index (χ1) is 11.6. The Labute approximate surface area is 145 Å². The zero-order valence-corrected chi connectivity index (χ0v) is 14.6. The Morgan fingerprint density at radius 3 is 2.68 bits per heavy atom. The first kappa shape index (κ1) is 18.2. The van der Waals surface area contributed by atoms with Gasteiger partial charge in [-0.25, -0.2) is 0 Å². The molecule has 1 aliphatic carbocycles. The van der Waals surface area contributed by atoms with Crippen molar-refractivity contribution in [3.8, 4) is 0 Å². The number of rotatable bonds is 2. The van der Waals surface area contributed by atoms with E-state index in [0.717, 1.165) is 24.5 Å². The Balaban J connectivity index is 1.85. The highest BCUT2D eigenvalue weighted by molar-refractivity contribution is 5.83. The van der Waals surface area contributed by atoms with Gasteiger partial charge in [-0.15, -0.1) is 0 Å². The van der Waals surface area contributed by atoms with Crippen LogP contribution in [-0.4, -0.2) is 28.4 Å². The van der Waals surface area contributed by atoms with Crippen molar-refractivity contribution in [3.05, 3.63) is 29.1 Å². The van der Waals surface area contributed by atoms with Crippen LogP contribution in [-0.2, 0) is 23.9 Å². The number of aromatic nitrogens is 1. The minimum atomic E-state index is -4.47. The summed E-state index contributed by atoms with van der Waals surface area (Å²) >= 11 is 0. The number of hydrogen-bond acceptors (Lipinski definition) is 3. The maximum absolute atomic E-state index is 13.2. The van der Waals surface area contributed by atoms with Gasteiger partial charge in [-0.2, -0.15) is 13.2 Å². The molecule has 0 radical (unpaired) electrons. The SMILES string of the molecule is CC(C)[C@]1(C(=O)N2CCc3cnc(C(F)(F)F)cc3C2)CC[C@@H](N)C1. The molecule has 2 aliphatic rings. The van der Waals surface area contributed by atoms with E-state index < -0.39 is 17.3 Å². The summed E-state index contributed by atoms with van der Waals surface area (Å²) in [6.45, 7) is 4.78. The maximum Gasteiger partial charge on any atom is 0.433 e. The van der Waals surface area contributed by atoms with Crippen molar-refractivity contribution < 1.29 is 18.0 Å². The van der Waals surface area contributed by atoms with Gasteiger partial charge in [-0.1, -0.05) is 13.8 Å². The molecule has 1 saturated carbocycles. The summed E-state index contributed by atoms with van der Waals surface area (Å²) in [5.41, 5.74) is 6.00. The van der Waals surface area contributed by atoms with Gasteiger partial charge in [-0.3, -0.25) is 9.78 Å². The smallest absolute Gasteiger partial charge is 0.338 e. The van der Waals surface area contributed by atoms with Crippen LogP contribution >= 0.6 is 0 Å². The summed E-state index contributed by atoms with van der Waals surface area (Å²) in [5.74, 6) is 0.185. The third-order valence-electron chi connectivity index (χ3n) is 5.79. The molecule has 0 aromatic carbocycles. The van der Waals surface area contributed by atoms with Gasteiger partial charge < -0.3 is 10.6 Å². The Kier molecular flexibility index (Phi) is 4.56. The molecule has 1 aliphatic heterocycles. The topological polar surface area (TPSA) is 59.2 Å². The van der Waals surface area contributed by atoms with E-state index >= 15 is 0 Å². The van der Waals surface area contributed by atoms with Crippen LogP contribution in [0.2, 0.25) is 0 Å². The molecule has 1 aromatic rings. The van der Waals surface area contributed by atoms with Crippen LogP contribution in [0.1, 0.15) is 49.9 Å². The average Bonchev–Trinajstić information content (AvgIpc) is 2.95. The lowest BCUT2D eigenvalue weighted by atomic mass is 9.74. The van der Waals surface area contributed by atoms with Crippen molar-refractivity contribution in [2.45, 2.75) is 58.3 Å². The van der Waals surface area contributed by atoms with E-state index in [1.807, 2.05) is 13.8 Å². The predicted molar refractivity (Wildman–Crippen MR) is 87.5 cm³/mol. The fourth-order valence-electron chi connectivity index (χ4n) is 4.16. The third-order valence-corrected chi connectivity index (χ3v) is 5.79. The molecular weight excluding hydrogens is 331 g/mol. The number of hydrogen-bond donors (Lipinski definition) is 1. The molecule has 1 aromatic heterocycles.